The second-order valence-electron chi connectivity index (χ2n) is 10.4. The molecule has 38 heavy (non-hydrogen) atoms. The summed E-state index contributed by atoms with van der Waals surface area (Å²) in [6.07, 6.45) is 0.546. The van der Waals surface area contributed by atoms with E-state index in [2.05, 4.69) is 16.4 Å². The molecule has 3 N–H and O–H groups in total. The number of carbonyl (C=O) groups is 3. The number of nitrogens with zero attached hydrogens (tertiary/aromatic N) is 4. The van der Waals surface area contributed by atoms with Gasteiger partial charge in [-0.25, -0.2) is 4.98 Å². The van der Waals surface area contributed by atoms with Crippen molar-refractivity contribution in [2.75, 3.05) is 25.1 Å². The van der Waals surface area contributed by atoms with E-state index >= 15 is 0 Å². The van der Waals surface area contributed by atoms with Crippen molar-refractivity contribution in [3.8, 4) is 6.07 Å². The number of nitrogen functional groups attached to an aromatic ring is 1. The molecule has 0 bridgehead atoms. The van der Waals surface area contributed by atoms with Gasteiger partial charge in [-0.3, -0.25) is 14.4 Å². The highest BCUT2D eigenvalue weighted by Crippen LogP contribution is 2.41. The zero-order valence-corrected chi connectivity index (χ0v) is 23.0. The molecule has 198 valence electrons. The van der Waals surface area contributed by atoms with Gasteiger partial charge in [0.25, 0.3) is 5.91 Å². The normalized spacial score (nSPS) is 18.0. The summed E-state index contributed by atoms with van der Waals surface area (Å²) in [5.74, 6) is -0.748. The molecule has 2 heterocycles. The van der Waals surface area contributed by atoms with Crippen LogP contribution < -0.4 is 11.1 Å². The largest absolute Gasteiger partial charge is 0.375 e. The number of carbonyl (C=O) groups excluding carboxylic acids is 3. The fourth-order valence-electron chi connectivity index (χ4n) is 4.99. The number of nitriles is 1. The molecular weight excluding hydrogens is 500 g/mol. The van der Waals surface area contributed by atoms with Crippen LogP contribution in [-0.2, 0) is 15.0 Å². The minimum Gasteiger partial charge on any atom is -0.375 e. The van der Waals surface area contributed by atoms with E-state index in [1.165, 1.54) is 21.1 Å². The molecule has 0 saturated heterocycles. The molecule has 3 aromatic rings. The lowest BCUT2D eigenvalue weighted by atomic mass is 9.78. The second-order valence-corrected chi connectivity index (χ2v) is 11.5. The molecule has 0 radical (unpaired) electrons. The summed E-state index contributed by atoms with van der Waals surface area (Å²) in [6.45, 7) is 5.75. The van der Waals surface area contributed by atoms with E-state index in [0.717, 1.165) is 10.3 Å². The maximum atomic E-state index is 13.8. The van der Waals surface area contributed by atoms with Crippen LogP contribution in [0.2, 0.25) is 0 Å². The number of hydrogen-bond acceptors (Lipinski definition) is 7. The number of nitrogens with two attached hydrogens (primary N) is 1. The van der Waals surface area contributed by atoms with Gasteiger partial charge < -0.3 is 20.9 Å². The first-order valence-corrected chi connectivity index (χ1v) is 13.3. The number of thiazole rings is 1. The highest BCUT2D eigenvalue weighted by molar-refractivity contribution is 7.22. The van der Waals surface area contributed by atoms with Crippen LogP contribution in [0.3, 0.4) is 0 Å². The molecule has 0 fully saturated rings. The highest BCUT2D eigenvalue weighted by Gasteiger charge is 2.45. The van der Waals surface area contributed by atoms with E-state index in [0.29, 0.717) is 28.3 Å². The van der Waals surface area contributed by atoms with Gasteiger partial charge in [-0.05, 0) is 55.5 Å². The Hall–Kier alpha value is -3.97. The molecule has 3 amide bonds. The van der Waals surface area contributed by atoms with Crippen molar-refractivity contribution in [1.29, 1.82) is 5.26 Å². The summed E-state index contributed by atoms with van der Waals surface area (Å²) in [7, 11) is 3.17. The van der Waals surface area contributed by atoms with Gasteiger partial charge in [0.1, 0.15) is 12.1 Å². The van der Waals surface area contributed by atoms with Crippen molar-refractivity contribution < 1.29 is 14.4 Å². The van der Waals surface area contributed by atoms with E-state index < -0.39 is 17.5 Å². The fraction of sp³-hybridized carbons (Fsp3) is 0.393. The number of nitrogens with one attached hydrogen (secondary N) is 1. The lowest BCUT2D eigenvalue weighted by Crippen LogP contribution is -2.52. The lowest BCUT2D eigenvalue weighted by Gasteiger charge is -2.35. The number of hydrogen-bond donors (Lipinski definition) is 2. The van der Waals surface area contributed by atoms with Crippen molar-refractivity contribution in [3.05, 3.63) is 53.6 Å². The molecule has 9 nitrogen and oxygen atoms in total. The Morgan fingerprint density at radius 3 is 2.58 bits per heavy atom. The van der Waals surface area contributed by atoms with Gasteiger partial charge in [0, 0.05) is 25.3 Å². The summed E-state index contributed by atoms with van der Waals surface area (Å²) in [5, 5.41) is 13.4. The van der Waals surface area contributed by atoms with Crippen molar-refractivity contribution in [2.45, 2.75) is 51.1 Å². The predicted molar refractivity (Wildman–Crippen MR) is 149 cm³/mol. The molecule has 0 unspecified atom stereocenters. The van der Waals surface area contributed by atoms with Gasteiger partial charge in [-0.2, -0.15) is 5.26 Å². The number of anilines is 2. The standard InChI is InChI=1S/C28H32N6O3S/c1-16(2)12-22(34(5)24(35)17-10-11-21-23(13-17)38-27(30)32-21)25(36)33(4)18(15-29)14-28(3)19-8-6-7-9-20(19)31-26(28)37/h6-11,13,16,18,22H,12,14H2,1-5H3,(H2,30,32)(H,31,37)/t18-,22-,28+/m0/s1. The average molecular weight is 533 g/mol. The summed E-state index contributed by atoms with van der Waals surface area (Å²) in [5.41, 5.74) is 7.50. The highest BCUT2D eigenvalue weighted by atomic mass is 32.1. The first kappa shape index (κ1) is 27.1. The zero-order valence-electron chi connectivity index (χ0n) is 22.2. The number of likely N-dealkylation sites (N-methyl/N-ethyl adjacent to an activating group) is 2. The summed E-state index contributed by atoms with van der Waals surface area (Å²) in [6, 6.07) is 13.1. The monoisotopic (exact) mass is 532 g/mol. The van der Waals surface area contributed by atoms with Crippen LogP contribution in [0.4, 0.5) is 10.8 Å². The summed E-state index contributed by atoms with van der Waals surface area (Å²) in [4.78, 5) is 47.3. The number of aromatic nitrogens is 1. The molecule has 10 heteroatoms. The van der Waals surface area contributed by atoms with Crippen LogP contribution >= 0.6 is 11.3 Å². The number of benzene rings is 2. The molecule has 4 rings (SSSR count). The van der Waals surface area contributed by atoms with Crippen LogP contribution in [0.15, 0.2) is 42.5 Å². The Kier molecular flexibility index (Phi) is 7.42. The predicted octanol–water partition coefficient (Wildman–Crippen LogP) is 4.02. The Morgan fingerprint density at radius 2 is 1.89 bits per heavy atom. The molecular formula is C28H32N6O3S. The maximum absolute atomic E-state index is 13.8. The Bertz CT molecular complexity index is 1440. The van der Waals surface area contributed by atoms with Crippen LogP contribution in [0.5, 0.6) is 0 Å². The topological polar surface area (TPSA) is 132 Å². The van der Waals surface area contributed by atoms with Crippen LogP contribution in [-0.4, -0.2) is 58.7 Å². The Morgan fingerprint density at radius 1 is 1.18 bits per heavy atom. The summed E-state index contributed by atoms with van der Waals surface area (Å²) >= 11 is 1.29. The average Bonchev–Trinajstić information content (AvgIpc) is 3.39. The van der Waals surface area contributed by atoms with Crippen LogP contribution in [0.1, 0.15) is 49.5 Å². The Labute approximate surface area is 226 Å². The first-order valence-electron chi connectivity index (χ1n) is 12.5. The molecule has 0 saturated carbocycles. The van der Waals surface area contributed by atoms with Crippen molar-refractivity contribution in [2.24, 2.45) is 5.92 Å². The van der Waals surface area contributed by atoms with E-state index in [9.17, 15) is 19.6 Å². The zero-order chi connectivity index (χ0) is 27.8. The maximum Gasteiger partial charge on any atom is 0.254 e. The van der Waals surface area contributed by atoms with Crippen molar-refractivity contribution in [1.82, 2.24) is 14.8 Å². The summed E-state index contributed by atoms with van der Waals surface area (Å²) < 4.78 is 0.790. The lowest BCUT2D eigenvalue weighted by molar-refractivity contribution is -0.137. The van der Waals surface area contributed by atoms with E-state index in [1.807, 2.05) is 38.1 Å². The van der Waals surface area contributed by atoms with E-state index in [1.54, 1.807) is 39.2 Å². The molecule has 0 aliphatic carbocycles. The number of rotatable bonds is 8. The minimum absolute atomic E-state index is 0.113. The van der Waals surface area contributed by atoms with Crippen LogP contribution in [0.25, 0.3) is 10.2 Å². The van der Waals surface area contributed by atoms with Gasteiger partial charge in [0.2, 0.25) is 11.8 Å². The smallest absolute Gasteiger partial charge is 0.254 e. The number of para-hydroxylation sites is 1. The van der Waals surface area contributed by atoms with E-state index in [4.69, 9.17) is 5.73 Å². The molecule has 0 spiro atoms. The van der Waals surface area contributed by atoms with Gasteiger partial charge in [0.05, 0.1) is 21.7 Å². The minimum atomic E-state index is -0.965. The van der Waals surface area contributed by atoms with Crippen molar-refractivity contribution >= 4 is 50.1 Å². The fourth-order valence-corrected chi connectivity index (χ4v) is 5.77. The van der Waals surface area contributed by atoms with Gasteiger partial charge >= 0.3 is 0 Å². The third-order valence-corrected chi connectivity index (χ3v) is 8.10. The van der Waals surface area contributed by atoms with Gasteiger partial charge in [-0.1, -0.05) is 43.4 Å². The Balaban J connectivity index is 1.58. The third-order valence-electron chi connectivity index (χ3n) is 7.26. The quantitative estimate of drug-likeness (QED) is 0.450. The van der Waals surface area contributed by atoms with Gasteiger partial charge in [-0.15, -0.1) is 0 Å². The molecule has 1 aliphatic rings. The van der Waals surface area contributed by atoms with Gasteiger partial charge in [0.15, 0.2) is 5.13 Å². The molecule has 1 aromatic heterocycles. The van der Waals surface area contributed by atoms with Crippen LogP contribution in [0, 0.1) is 17.2 Å². The second kappa shape index (κ2) is 10.4. The third kappa shape index (κ3) is 4.94. The molecule has 1 aliphatic heterocycles. The SMILES string of the molecule is CC(C)C[C@@H](C(=O)N(C)[C@H](C#N)C[C@@]1(C)C(=O)Nc2ccccc21)N(C)C(=O)c1ccc2nc(N)sc2c1. The number of fused-ring (bicyclic) bond motifs is 2. The van der Waals surface area contributed by atoms with Crippen molar-refractivity contribution in [3.63, 3.8) is 0 Å². The molecule has 3 atom stereocenters. The molecule has 2 aromatic carbocycles. The number of amides is 3. The van der Waals surface area contributed by atoms with E-state index in [-0.39, 0.29) is 30.1 Å². The first-order chi connectivity index (χ1) is 18.0.